The summed E-state index contributed by atoms with van der Waals surface area (Å²) in [6, 6.07) is 0. The molecule has 0 bridgehead atoms. The summed E-state index contributed by atoms with van der Waals surface area (Å²) in [5.74, 6) is 0. The van der Waals surface area contributed by atoms with Crippen molar-refractivity contribution in [3.8, 4) is 0 Å². The van der Waals surface area contributed by atoms with Gasteiger partial charge in [-0.25, -0.2) is 4.98 Å². The van der Waals surface area contributed by atoms with Gasteiger partial charge in [-0.2, -0.15) is 0 Å². The van der Waals surface area contributed by atoms with E-state index >= 15 is 0 Å². The Kier molecular flexibility index (Phi) is 4.98. The van der Waals surface area contributed by atoms with Crippen molar-refractivity contribution >= 4 is 11.3 Å². The number of nitrogens with zero attached hydrogens (tertiary/aromatic N) is 1. The summed E-state index contributed by atoms with van der Waals surface area (Å²) in [5.41, 5.74) is 1.34. The molecule has 1 aromatic heterocycles. The molecular formula is C15H26N2OS. The third-order valence-corrected chi connectivity index (χ3v) is 5.12. The molecule has 1 N–H and O–H groups in total. The summed E-state index contributed by atoms with van der Waals surface area (Å²) < 4.78 is 5.73. The van der Waals surface area contributed by atoms with E-state index in [4.69, 9.17) is 9.72 Å². The molecule has 0 saturated heterocycles. The quantitative estimate of drug-likeness (QED) is 0.832. The van der Waals surface area contributed by atoms with Gasteiger partial charge in [-0.05, 0) is 46.1 Å². The molecule has 4 heteroatoms. The van der Waals surface area contributed by atoms with Gasteiger partial charge in [-0.3, -0.25) is 0 Å². The Labute approximate surface area is 120 Å². The normalized spacial score (nSPS) is 26.4. The van der Waals surface area contributed by atoms with Gasteiger partial charge in [0.05, 0.1) is 17.3 Å². The van der Waals surface area contributed by atoms with E-state index in [0.717, 1.165) is 38.8 Å². The molecule has 0 aromatic carbocycles. The SMILES string of the molecule is CCCNC1(c2nc(CC)c(C)s2)CC(OCC)C1. The fraction of sp³-hybridized carbons (Fsp3) is 0.800. The highest BCUT2D eigenvalue weighted by Gasteiger charge is 2.48. The van der Waals surface area contributed by atoms with Gasteiger partial charge in [0.2, 0.25) is 0 Å². The Morgan fingerprint density at radius 2 is 2.11 bits per heavy atom. The van der Waals surface area contributed by atoms with Crippen LogP contribution in [-0.4, -0.2) is 24.2 Å². The number of hydrogen-bond donors (Lipinski definition) is 1. The summed E-state index contributed by atoms with van der Waals surface area (Å²) >= 11 is 1.86. The van der Waals surface area contributed by atoms with Crippen LogP contribution in [0.25, 0.3) is 0 Å². The first-order chi connectivity index (χ1) is 9.15. The smallest absolute Gasteiger partial charge is 0.113 e. The lowest BCUT2D eigenvalue weighted by molar-refractivity contribution is -0.0535. The van der Waals surface area contributed by atoms with Gasteiger partial charge < -0.3 is 10.1 Å². The van der Waals surface area contributed by atoms with Crippen molar-refractivity contribution in [2.75, 3.05) is 13.2 Å². The van der Waals surface area contributed by atoms with Crippen LogP contribution >= 0.6 is 11.3 Å². The molecule has 19 heavy (non-hydrogen) atoms. The van der Waals surface area contributed by atoms with Crippen molar-refractivity contribution < 1.29 is 4.74 Å². The lowest BCUT2D eigenvalue weighted by Crippen LogP contribution is -2.55. The number of thiazole rings is 1. The molecule has 108 valence electrons. The van der Waals surface area contributed by atoms with Crippen molar-refractivity contribution in [1.82, 2.24) is 10.3 Å². The van der Waals surface area contributed by atoms with Crippen LogP contribution in [0.2, 0.25) is 0 Å². The Morgan fingerprint density at radius 1 is 1.37 bits per heavy atom. The minimum Gasteiger partial charge on any atom is -0.378 e. The van der Waals surface area contributed by atoms with Crippen LogP contribution in [0.3, 0.4) is 0 Å². The monoisotopic (exact) mass is 282 g/mol. The first-order valence-corrected chi connectivity index (χ1v) is 8.30. The number of aromatic nitrogens is 1. The molecule has 2 rings (SSSR count). The zero-order chi connectivity index (χ0) is 13.9. The van der Waals surface area contributed by atoms with E-state index in [1.54, 1.807) is 0 Å². The molecule has 0 amide bonds. The zero-order valence-corrected chi connectivity index (χ0v) is 13.4. The van der Waals surface area contributed by atoms with E-state index in [1.165, 1.54) is 15.6 Å². The van der Waals surface area contributed by atoms with Gasteiger partial charge in [-0.1, -0.05) is 13.8 Å². The van der Waals surface area contributed by atoms with Gasteiger partial charge in [0.1, 0.15) is 5.01 Å². The largest absolute Gasteiger partial charge is 0.378 e. The molecular weight excluding hydrogens is 256 g/mol. The summed E-state index contributed by atoms with van der Waals surface area (Å²) in [5, 5.41) is 4.99. The third-order valence-electron chi connectivity index (χ3n) is 3.90. The fourth-order valence-corrected chi connectivity index (χ4v) is 3.98. The fourth-order valence-electron chi connectivity index (χ4n) is 2.79. The maximum atomic E-state index is 5.73. The maximum Gasteiger partial charge on any atom is 0.113 e. The van der Waals surface area contributed by atoms with Crippen LogP contribution in [0, 0.1) is 6.92 Å². The average molecular weight is 282 g/mol. The molecule has 0 aliphatic heterocycles. The van der Waals surface area contributed by atoms with Gasteiger partial charge >= 0.3 is 0 Å². The van der Waals surface area contributed by atoms with E-state index in [0.29, 0.717) is 6.10 Å². The Hall–Kier alpha value is -0.450. The third kappa shape index (κ3) is 3.01. The van der Waals surface area contributed by atoms with Crippen molar-refractivity contribution in [1.29, 1.82) is 0 Å². The minimum atomic E-state index is 0.0820. The number of ether oxygens (including phenoxy) is 1. The predicted molar refractivity (Wildman–Crippen MR) is 80.8 cm³/mol. The van der Waals surface area contributed by atoms with Crippen molar-refractivity contribution in [2.24, 2.45) is 0 Å². The van der Waals surface area contributed by atoms with Gasteiger partial charge in [0.15, 0.2) is 0 Å². The summed E-state index contributed by atoms with van der Waals surface area (Å²) in [4.78, 5) is 6.24. The molecule has 0 atom stereocenters. The topological polar surface area (TPSA) is 34.2 Å². The van der Waals surface area contributed by atoms with Gasteiger partial charge in [0, 0.05) is 11.5 Å². The standard InChI is InChI=1S/C15H26N2OS/c1-5-8-16-15(9-12(10-15)18-7-3)14-17-13(6-2)11(4)19-14/h12,16H,5-10H2,1-4H3. The Morgan fingerprint density at radius 3 is 2.63 bits per heavy atom. The van der Waals surface area contributed by atoms with Crippen LogP contribution in [0.15, 0.2) is 0 Å². The first-order valence-electron chi connectivity index (χ1n) is 7.48. The van der Waals surface area contributed by atoms with Gasteiger partial charge in [-0.15, -0.1) is 11.3 Å². The van der Waals surface area contributed by atoms with Crippen LogP contribution in [0.5, 0.6) is 0 Å². The second kappa shape index (κ2) is 6.33. The Balaban J connectivity index is 2.14. The second-order valence-corrected chi connectivity index (χ2v) is 6.57. The highest BCUT2D eigenvalue weighted by atomic mass is 32.1. The highest BCUT2D eigenvalue weighted by Crippen LogP contribution is 2.45. The molecule has 1 saturated carbocycles. The molecule has 1 heterocycles. The average Bonchev–Trinajstić information content (AvgIpc) is 2.73. The molecule has 0 unspecified atom stereocenters. The van der Waals surface area contributed by atoms with E-state index in [1.807, 2.05) is 11.3 Å². The van der Waals surface area contributed by atoms with E-state index in [9.17, 15) is 0 Å². The zero-order valence-electron chi connectivity index (χ0n) is 12.6. The number of nitrogens with one attached hydrogen (secondary N) is 1. The van der Waals surface area contributed by atoms with Crippen LogP contribution in [-0.2, 0) is 16.7 Å². The molecule has 1 fully saturated rings. The lowest BCUT2D eigenvalue weighted by Gasteiger charge is -2.46. The van der Waals surface area contributed by atoms with E-state index in [-0.39, 0.29) is 5.54 Å². The maximum absolute atomic E-state index is 5.73. The summed E-state index contributed by atoms with van der Waals surface area (Å²) in [6.45, 7) is 10.5. The van der Waals surface area contributed by atoms with Crippen LogP contribution < -0.4 is 5.32 Å². The summed E-state index contributed by atoms with van der Waals surface area (Å²) in [6.07, 6.45) is 4.73. The molecule has 1 aliphatic rings. The minimum absolute atomic E-state index is 0.0820. The molecule has 0 radical (unpaired) electrons. The number of aryl methyl sites for hydroxylation is 2. The van der Waals surface area contributed by atoms with Crippen LogP contribution in [0.1, 0.15) is 55.6 Å². The van der Waals surface area contributed by atoms with Crippen molar-refractivity contribution in [3.05, 3.63) is 15.6 Å². The van der Waals surface area contributed by atoms with Crippen molar-refractivity contribution in [3.63, 3.8) is 0 Å². The van der Waals surface area contributed by atoms with E-state index < -0.39 is 0 Å². The highest BCUT2D eigenvalue weighted by molar-refractivity contribution is 7.11. The molecule has 1 aromatic rings. The molecule has 1 aliphatic carbocycles. The van der Waals surface area contributed by atoms with E-state index in [2.05, 4.69) is 33.0 Å². The van der Waals surface area contributed by atoms with Gasteiger partial charge in [0.25, 0.3) is 0 Å². The molecule has 0 spiro atoms. The number of rotatable bonds is 7. The van der Waals surface area contributed by atoms with Crippen molar-refractivity contribution in [2.45, 2.75) is 65.0 Å². The first kappa shape index (κ1) is 14.9. The predicted octanol–water partition coefficient (Wildman–Crippen LogP) is 3.41. The molecule has 3 nitrogen and oxygen atoms in total. The van der Waals surface area contributed by atoms with Crippen LogP contribution in [0.4, 0.5) is 0 Å². The number of hydrogen-bond acceptors (Lipinski definition) is 4. The summed E-state index contributed by atoms with van der Waals surface area (Å²) in [7, 11) is 0. The second-order valence-electron chi connectivity index (χ2n) is 5.37. The lowest BCUT2D eigenvalue weighted by atomic mass is 9.74. The Bertz CT molecular complexity index is 410.